The lowest BCUT2D eigenvalue weighted by atomic mass is 9.88. The molecule has 0 aromatic heterocycles. The number of amides is 1. The maximum Gasteiger partial charge on any atom is 0.347 e. The third kappa shape index (κ3) is 2.99. The van der Waals surface area contributed by atoms with Crippen molar-refractivity contribution in [2.75, 3.05) is 20.2 Å². The van der Waals surface area contributed by atoms with Gasteiger partial charge in [-0.15, -0.1) is 0 Å². The van der Waals surface area contributed by atoms with Gasteiger partial charge in [0.2, 0.25) is 0 Å². The first-order valence-corrected chi connectivity index (χ1v) is 10.1. The third-order valence-corrected chi connectivity index (χ3v) is 6.49. The first-order chi connectivity index (χ1) is 13.7. The number of rotatable bonds is 5. The Balaban J connectivity index is 1.67. The smallest absolute Gasteiger partial charge is 0.347 e. The zero-order valence-corrected chi connectivity index (χ0v) is 16.9. The van der Waals surface area contributed by atoms with Gasteiger partial charge in [-0.25, -0.2) is 18.6 Å². The second-order valence-electron chi connectivity index (χ2n) is 8.78. The summed E-state index contributed by atoms with van der Waals surface area (Å²) in [4.78, 5) is 25.9. The van der Waals surface area contributed by atoms with Crippen LogP contribution in [0.2, 0.25) is 0 Å². The van der Waals surface area contributed by atoms with Crippen LogP contribution in [-0.2, 0) is 14.3 Å². The van der Waals surface area contributed by atoms with Crippen molar-refractivity contribution < 1.29 is 28.2 Å². The molecule has 2 unspecified atom stereocenters. The van der Waals surface area contributed by atoms with Crippen molar-refractivity contribution in [1.29, 1.82) is 0 Å². The minimum Gasteiger partial charge on any atom is -0.509 e. The molecule has 0 radical (unpaired) electrons. The van der Waals surface area contributed by atoms with Gasteiger partial charge < -0.3 is 9.84 Å². The molecule has 1 N–H and O–H groups in total. The minimum atomic E-state index is -0.906. The number of carbonyl (C=O) groups excluding carboxylic acids is 2. The van der Waals surface area contributed by atoms with Crippen molar-refractivity contribution in [3.05, 3.63) is 34.6 Å². The molecule has 6 nitrogen and oxygen atoms in total. The molecule has 1 heterocycles. The van der Waals surface area contributed by atoms with Crippen LogP contribution in [0.5, 0.6) is 0 Å². The predicted octanol–water partition coefficient (Wildman–Crippen LogP) is 3.34. The highest BCUT2D eigenvalue weighted by atomic mass is 19.2. The van der Waals surface area contributed by atoms with E-state index in [1.54, 1.807) is 18.1 Å². The first kappa shape index (κ1) is 20.1. The topological polar surface area (TPSA) is 70.1 Å². The van der Waals surface area contributed by atoms with Gasteiger partial charge in [-0.3, -0.25) is 9.80 Å². The molecule has 2 atom stereocenters. The first-order valence-electron chi connectivity index (χ1n) is 10.1. The van der Waals surface area contributed by atoms with Gasteiger partial charge in [0.1, 0.15) is 11.6 Å². The van der Waals surface area contributed by atoms with E-state index >= 15 is 0 Å². The van der Waals surface area contributed by atoms with Crippen LogP contribution in [0.3, 0.4) is 0 Å². The summed E-state index contributed by atoms with van der Waals surface area (Å²) in [5.41, 5.74) is -0.945. The van der Waals surface area contributed by atoms with Gasteiger partial charge in [-0.1, -0.05) is 32.8 Å². The van der Waals surface area contributed by atoms with Gasteiger partial charge in [0, 0.05) is 25.4 Å². The zero-order valence-electron chi connectivity index (χ0n) is 16.9. The van der Waals surface area contributed by atoms with Crippen LogP contribution < -0.4 is 0 Å². The second kappa shape index (κ2) is 6.93. The Hall–Kier alpha value is -2.22. The molecule has 3 aliphatic carbocycles. The number of nitrogens with zero attached hydrogens (tertiary/aromatic N) is 2. The molecular weight excluding hydrogens is 382 g/mol. The van der Waals surface area contributed by atoms with Gasteiger partial charge in [-0.05, 0) is 24.3 Å². The lowest BCUT2D eigenvalue weighted by molar-refractivity contribution is -0.166. The van der Waals surface area contributed by atoms with E-state index < -0.39 is 40.6 Å². The van der Waals surface area contributed by atoms with Gasteiger partial charge in [0.15, 0.2) is 11.4 Å². The fourth-order valence-corrected chi connectivity index (χ4v) is 4.74. The number of aliphatic hydroxyl groups excluding tert-OH is 1. The molecular formula is C21H26F2N2O4. The van der Waals surface area contributed by atoms with Crippen molar-refractivity contribution in [2.45, 2.75) is 45.1 Å². The average Bonchev–Trinajstić information content (AvgIpc) is 3.23. The molecule has 8 heteroatoms. The standard InChI is InChI=1S/C21H26F2N2O4/c1-11(2)10-29-20(28)15-18(26)21(6-4-5-7-21)24(3)25(19(15)27)9-14-12-8-13(12)16(22)17(14)23/h8,11-12,14,26H,4-7,9-10H2,1-3H3. The minimum absolute atomic E-state index is 0.0691. The Morgan fingerprint density at radius 3 is 2.55 bits per heavy atom. The number of hydrogen-bond acceptors (Lipinski definition) is 5. The van der Waals surface area contributed by atoms with Crippen molar-refractivity contribution >= 4 is 11.9 Å². The van der Waals surface area contributed by atoms with Crippen LogP contribution in [-0.4, -0.2) is 52.7 Å². The van der Waals surface area contributed by atoms with Gasteiger partial charge in [-0.2, -0.15) is 0 Å². The van der Waals surface area contributed by atoms with Gasteiger partial charge >= 0.3 is 5.97 Å². The number of carbonyl (C=O) groups is 2. The van der Waals surface area contributed by atoms with E-state index in [1.165, 1.54) is 5.01 Å². The fourth-order valence-electron chi connectivity index (χ4n) is 4.74. The van der Waals surface area contributed by atoms with Crippen molar-refractivity contribution in [2.24, 2.45) is 17.8 Å². The second-order valence-corrected chi connectivity index (χ2v) is 8.78. The van der Waals surface area contributed by atoms with Crippen LogP contribution in [0.1, 0.15) is 39.5 Å². The van der Waals surface area contributed by atoms with E-state index in [0.717, 1.165) is 12.8 Å². The van der Waals surface area contributed by atoms with Crippen LogP contribution in [0.15, 0.2) is 34.6 Å². The van der Waals surface area contributed by atoms with Crippen molar-refractivity contribution in [1.82, 2.24) is 10.0 Å². The number of ether oxygens (including phenoxy) is 1. The summed E-state index contributed by atoms with van der Waals surface area (Å²) in [6.07, 6.45) is 4.42. The zero-order chi connectivity index (χ0) is 21.1. The number of likely N-dealkylation sites (N-methyl/N-ethyl adjacent to an activating group) is 1. The summed E-state index contributed by atoms with van der Waals surface area (Å²) in [6.45, 7) is 3.75. The highest BCUT2D eigenvalue weighted by Crippen LogP contribution is 2.54. The van der Waals surface area contributed by atoms with E-state index in [4.69, 9.17) is 4.74 Å². The fraction of sp³-hybridized carbons (Fsp3) is 0.619. The van der Waals surface area contributed by atoms with Crippen LogP contribution in [0.25, 0.3) is 0 Å². The van der Waals surface area contributed by atoms with Crippen LogP contribution in [0.4, 0.5) is 8.78 Å². The molecule has 1 amide bonds. The van der Waals surface area contributed by atoms with E-state index in [-0.39, 0.29) is 30.7 Å². The molecule has 1 fully saturated rings. The molecule has 0 aromatic rings. The molecule has 158 valence electrons. The Kier molecular flexibility index (Phi) is 4.80. The van der Waals surface area contributed by atoms with E-state index in [0.29, 0.717) is 18.4 Å². The van der Waals surface area contributed by atoms with E-state index in [1.807, 2.05) is 13.8 Å². The Morgan fingerprint density at radius 2 is 2.00 bits per heavy atom. The lowest BCUT2D eigenvalue weighted by Crippen LogP contribution is -2.63. The number of hydrazine groups is 1. The number of fused-ring (bicyclic) bond motifs is 1. The number of esters is 1. The van der Waals surface area contributed by atoms with Gasteiger partial charge in [0.25, 0.3) is 5.91 Å². The maximum atomic E-state index is 14.3. The van der Waals surface area contributed by atoms with Crippen LogP contribution >= 0.6 is 0 Å². The molecule has 29 heavy (non-hydrogen) atoms. The summed E-state index contributed by atoms with van der Waals surface area (Å²) in [5, 5.41) is 13.9. The largest absolute Gasteiger partial charge is 0.509 e. The molecule has 1 saturated carbocycles. The number of allylic oxidation sites excluding steroid dienone is 3. The molecule has 1 spiro atoms. The number of aliphatic hydroxyl groups is 1. The summed E-state index contributed by atoms with van der Waals surface area (Å²) in [6, 6.07) is 0. The lowest BCUT2D eigenvalue weighted by Gasteiger charge is -2.49. The average molecular weight is 408 g/mol. The van der Waals surface area contributed by atoms with E-state index in [9.17, 15) is 23.5 Å². The molecule has 1 aliphatic heterocycles. The quantitative estimate of drug-likeness (QED) is 0.558. The Bertz CT molecular complexity index is 855. The molecule has 0 aromatic carbocycles. The Labute approximate surface area is 168 Å². The third-order valence-electron chi connectivity index (χ3n) is 6.49. The van der Waals surface area contributed by atoms with Crippen molar-refractivity contribution in [3.63, 3.8) is 0 Å². The number of hydrogen-bond donors (Lipinski definition) is 1. The summed E-state index contributed by atoms with van der Waals surface area (Å²) in [7, 11) is 1.66. The molecule has 4 rings (SSSR count). The SMILES string of the molecule is CC(C)COC(=O)C1=C(O)C2(CCCC2)N(C)N(CC2C(F)=C(F)C3=CC32)C1=O. The predicted molar refractivity (Wildman–Crippen MR) is 100 cm³/mol. The molecule has 0 bridgehead atoms. The monoisotopic (exact) mass is 408 g/mol. The summed E-state index contributed by atoms with van der Waals surface area (Å²) < 4.78 is 33.5. The highest BCUT2D eigenvalue weighted by Gasteiger charge is 2.55. The highest BCUT2D eigenvalue weighted by molar-refractivity contribution is 6.17. The van der Waals surface area contributed by atoms with Crippen LogP contribution in [0, 0.1) is 17.8 Å². The molecule has 0 saturated heterocycles. The van der Waals surface area contributed by atoms with E-state index in [2.05, 4.69) is 0 Å². The van der Waals surface area contributed by atoms with Gasteiger partial charge in [0.05, 0.1) is 12.1 Å². The molecule has 4 aliphatic rings. The Morgan fingerprint density at radius 1 is 1.34 bits per heavy atom. The van der Waals surface area contributed by atoms with Crippen molar-refractivity contribution in [3.8, 4) is 0 Å². The number of halogens is 2. The summed E-state index contributed by atoms with van der Waals surface area (Å²) >= 11 is 0. The maximum absolute atomic E-state index is 14.3. The normalized spacial score (nSPS) is 28.6. The summed E-state index contributed by atoms with van der Waals surface area (Å²) in [5.74, 6) is -4.64.